The summed E-state index contributed by atoms with van der Waals surface area (Å²) < 4.78 is 5.22. The summed E-state index contributed by atoms with van der Waals surface area (Å²) >= 11 is 0. The van der Waals surface area contributed by atoms with Crippen LogP contribution in [-0.2, 0) is 6.42 Å². The van der Waals surface area contributed by atoms with E-state index in [4.69, 9.17) is 10.5 Å². The molecule has 132 valence electrons. The summed E-state index contributed by atoms with van der Waals surface area (Å²) in [5.41, 5.74) is 8.69. The maximum absolute atomic E-state index is 6.18. The fourth-order valence-electron chi connectivity index (χ4n) is 3.03. The van der Waals surface area contributed by atoms with E-state index in [0.29, 0.717) is 5.96 Å². The summed E-state index contributed by atoms with van der Waals surface area (Å²) in [6, 6.07) is 18.6. The van der Waals surface area contributed by atoms with E-state index in [2.05, 4.69) is 51.2 Å². The molecule has 5 nitrogen and oxygen atoms in total. The van der Waals surface area contributed by atoms with E-state index in [1.54, 1.807) is 7.11 Å². The number of nitrogens with two attached hydrogens (primary N) is 1. The molecule has 1 aliphatic rings. The molecule has 1 heterocycles. The molecule has 0 spiro atoms. The van der Waals surface area contributed by atoms with Gasteiger partial charge in [0.25, 0.3) is 0 Å². The summed E-state index contributed by atoms with van der Waals surface area (Å²) in [7, 11) is 1.69. The first-order valence-electron chi connectivity index (χ1n) is 8.74. The Bertz CT molecular complexity index is 677. The van der Waals surface area contributed by atoms with Crippen LogP contribution in [-0.4, -0.2) is 50.7 Å². The lowest BCUT2D eigenvalue weighted by atomic mass is 10.2. The molecular weight excluding hydrogens is 312 g/mol. The van der Waals surface area contributed by atoms with Gasteiger partial charge >= 0.3 is 0 Å². The molecule has 0 atom stereocenters. The summed E-state index contributed by atoms with van der Waals surface area (Å²) in [6.07, 6.45) is 0.924. The van der Waals surface area contributed by atoms with Crippen LogP contribution in [0.3, 0.4) is 0 Å². The van der Waals surface area contributed by atoms with Gasteiger partial charge in [0.1, 0.15) is 5.75 Å². The van der Waals surface area contributed by atoms with Gasteiger partial charge in [-0.2, -0.15) is 0 Å². The Hall–Kier alpha value is -2.69. The van der Waals surface area contributed by atoms with Crippen molar-refractivity contribution in [3.8, 4) is 5.75 Å². The van der Waals surface area contributed by atoms with Crippen LogP contribution in [0.25, 0.3) is 0 Å². The predicted molar refractivity (Wildman–Crippen MR) is 103 cm³/mol. The molecule has 2 N–H and O–H groups in total. The number of hydrogen-bond donors (Lipinski definition) is 1. The zero-order valence-corrected chi connectivity index (χ0v) is 14.8. The maximum Gasteiger partial charge on any atom is 0.191 e. The van der Waals surface area contributed by atoms with Gasteiger partial charge in [0.05, 0.1) is 7.11 Å². The Kier molecular flexibility index (Phi) is 5.77. The highest BCUT2D eigenvalue weighted by atomic mass is 16.5. The third-order valence-corrected chi connectivity index (χ3v) is 4.56. The van der Waals surface area contributed by atoms with Crippen LogP contribution in [0.2, 0.25) is 0 Å². The molecule has 0 saturated carbocycles. The minimum atomic E-state index is 0.658. The molecule has 0 amide bonds. The quantitative estimate of drug-likeness (QED) is 0.672. The lowest BCUT2D eigenvalue weighted by molar-refractivity contribution is 0.380. The van der Waals surface area contributed by atoms with Crippen LogP contribution in [0.4, 0.5) is 5.69 Å². The van der Waals surface area contributed by atoms with E-state index in [9.17, 15) is 0 Å². The van der Waals surface area contributed by atoms with Crippen molar-refractivity contribution in [1.29, 1.82) is 0 Å². The van der Waals surface area contributed by atoms with Crippen LogP contribution < -0.4 is 15.4 Å². The van der Waals surface area contributed by atoms with Gasteiger partial charge in [-0.05, 0) is 36.2 Å². The smallest absolute Gasteiger partial charge is 0.191 e. The van der Waals surface area contributed by atoms with E-state index in [1.165, 1.54) is 11.3 Å². The molecule has 3 rings (SSSR count). The molecule has 2 aromatic carbocycles. The molecule has 5 heteroatoms. The van der Waals surface area contributed by atoms with Gasteiger partial charge in [0.15, 0.2) is 5.96 Å². The minimum absolute atomic E-state index is 0.658. The first-order valence-corrected chi connectivity index (χ1v) is 8.74. The van der Waals surface area contributed by atoms with Crippen molar-refractivity contribution in [1.82, 2.24) is 4.90 Å². The first kappa shape index (κ1) is 17.1. The Labute approximate surface area is 149 Å². The van der Waals surface area contributed by atoms with Crippen molar-refractivity contribution >= 4 is 11.6 Å². The molecule has 0 unspecified atom stereocenters. The van der Waals surface area contributed by atoms with E-state index >= 15 is 0 Å². The number of methoxy groups -OCH3 is 1. The summed E-state index contributed by atoms with van der Waals surface area (Å²) in [4.78, 5) is 9.09. The average Bonchev–Trinajstić information content (AvgIpc) is 2.69. The number of piperazine rings is 1. The third kappa shape index (κ3) is 4.66. The Morgan fingerprint density at radius 3 is 2.32 bits per heavy atom. The Balaban J connectivity index is 1.48. The lowest BCUT2D eigenvalue weighted by Crippen LogP contribution is -2.51. The number of rotatable bonds is 5. The first-order chi connectivity index (χ1) is 12.3. The number of hydrogen-bond acceptors (Lipinski definition) is 3. The van der Waals surface area contributed by atoms with Crippen LogP contribution in [0, 0.1) is 0 Å². The van der Waals surface area contributed by atoms with E-state index in [1.807, 2.05) is 18.2 Å². The second kappa shape index (κ2) is 8.42. The van der Waals surface area contributed by atoms with Gasteiger partial charge in [-0.1, -0.05) is 30.3 Å². The number of anilines is 1. The van der Waals surface area contributed by atoms with E-state index in [0.717, 1.165) is 44.9 Å². The second-order valence-electron chi connectivity index (χ2n) is 6.15. The highest BCUT2D eigenvalue weighted by Gasteiger charge is 2.18. The van der Waals surface area contributed by atoms with Crippen LogP contribution in [0.15, 0.2) is 59.6 Å². The fraction of sp³-hybridized carbons (Fsp3) is 0.350. The van der Waals surface area contributed by atoms with Gasteiger partial charge in [-0.15, -0.1) is 0 Å². The van der Waals surface area contributed by atoms with Crippen LogP contribution in [0.1, 0.15) is 5.56 Å². The monoisotopic (exact) mass is 338 g/mol. The largest absolute Gasteiger partial charge is 0.497 e. The molecule has 2 aromatic rings. The fourth-order valence-corrected chi connectivity index (χ4v) is 3.03. The molecule has 0 aromatic heterocycles. The lowest BCUT2D eigenvalue weighted by Gasteiger charge is -2.36. The number of ether oxygens (including phenoxy) is 1. The summed E-state index contributed by atoms with van der Waals surface area (Å²) in [5, 5.41) is 0. The molecule has 25 heavy (non-hydrogen) atoms. The standard InChI is InChI=1S/C20H26N4O/c1-25-19-9-7-18(8-10-19)23-13-15-24(16-14-23)20(21)22-12-11-17-5-3-2-4-6-17/h2-10H,11-16H2,1H3,(H2,21,22). The highest BCUT2D eigenvalue weighted by Crippen LogP contribution is 2.20. The molecule has 0 bridgehead atoms. The van der Waals surface area contributed by atoms with Gasteiger partial charge in [-0.3, -0.25) is 4.99 Å². The van der Waals surface area contributed by atoms with Gasteiger partial charge in [0, 0.05) is 38.4 Å². The number of aliphatic imine (C=N–C) groups is 1. The maximum atomic E-state index is 6.18. The molecule has 0 radical (unpaired) electrons. The predicted octanol–water partition coefficient (Wildman–Crippen LogP) is 2.37. The van der Waals surface area contributed by atoms with Gasteiger partial charge < -0.3 is 20.3 Å². The molecule has 1 aliphatic heterocycles. The van der Waals surface area contributed by atoms with E-state index < -0.39 is 0 Å². The van der Waals surface area contributed by atoms with Crippen molar-refractivity contribution in [2.24, 2.45) is 10.7 Å². The molecule has 1 fully saturated rings. The summed E-state index contributed by atoms with van der Waals surface area (Å²) in [6.45, 7) is 4.41. The molecule has 0 aliphatic carbocycles. The molecule has 1 saturated heterocycles. The van der Waals surface area contributed by atoms with Gasteiger partial charge in [-0.25, -0.2) is 0 Å². The number of guanidine groups is 1. The zero-order chi connectivity index (χ0) is 17.5. The van der Waals surface area contributed by atoms with Crippen molar-refractivity contribution in [2.75, 3.05) is 44.7 Å². The van der Waals surface area contributed by atoms with Crippen LogP contribution >= 0.6 is 0 Å². The number of benzene rings is 2. The van der Waals surface area contributed by atoms with Crippen molar-refractivity contribution in [3.05, 3.63) is 60.2 Å². The third-order valence-electron chi connectivity index (χ3n) is 4.56. The van der Waals surface area contributed by atoms with Gasteiger partial charge in [0.2, 0.25) is 0 Å². The SMILES string of the molecule is COc1ccc(N2CCN(C(N)=NCCc3ccccc3)CC2)cc1. The highest BCUT2D eigenvalue weighted by molar-refractivity contribution is 5.78. The van der Waals surface area contributed by atoms with Crippen LogP contribution in [0.5, 0.6) is 5.75 Å². The minimum Gasteiger partial charge on any atom is -0.497 e. The number of nitrogens with zero attached hydrogens (tertiary/aromatic N) is 3. The van der Waals surface area contributed by atoms with Crippen molar-refractivity contribution in [3.63, 3.8) is 0 Å². The topological polar surface area (TPSA) is 54.1 Å². The average molecular weight is 338 g/mol. The Morgan fingerprint density at radius 1 is 1.00 bits per heavy atom. The van der Waals surface area contributed by atoms with Crippen molar-refractivity contribution in [2.45, 2.75) is 6.42 Å². The Morgan fingerprint density at radius 2 is 1.68 bits per heavy atom. The second-order valence-corrected chi connectivity index (χ2v) is 6.15. The normalized spacial score (nSPS) is 15.3. The zero-order valence-electron chi connectivity index (χ0n) is 14.8. The molecular formula is C20H26N4O. The summed E-state index contributed by atoms with van der Waals surface area (Å²) in [5.74, 6) is 1.54. The van der Waals surface area contributed by atoms with E-state index in [-0.39, 0.29) is 0 Å². The van der Waals surface area contributed by atoms with Crippen molar-refractivity contribution < 1.29 is 4.74 Å².